The molecule has 0 aliphatic carbocycles. The van der Waals surface area contributed by atoms with Gasteiger partial charge in [0.1, 0.15) is 6.29 Å². The number of hydrogen-bond donors (Lipinski definition) is 0. The van der Waals surface area contributed by atoms with Crippen LogP contribution in [0.2, 0.25) is 18.1 Å². The van der Waals surface area contributed by atoms with E-state index in [1.807, 2.05) is 0 Å². The van der Waals surface area contributed by atoms with E-state index in [9.17, 15) is 4.79 Å². The molecule has 21 heavy (non-hydrogen) atoms. The Balaban J connectivity index is 4.67. The Labute approximate surface area is 132 Å². The van der Waals surface area contributed by atoms with Gasteiger partial charge in [-0.3, -0.25) is 0 Å². The van der Waals surface area contributed by atoms with E-state index in [2.05, 4.69) is 61.6 Å². The van der Waals surface area contributed by atoms with E-state index in [1.165, 1.54) is 0 Å². The van der Waals surface area contributed by atoms with Gasteiger partial charge < -0.3 is 14.0 Å². The van der Waals surface area contributed by atoms with Crippen LogP contribution in [-0.4, -0.2) is 32.9 Å². The maximum Gasteiger partial charge on any atom is 0.191 e. The van der Waals surface area contributed by atoms with Gasteiger partial charge in [0.2, 0.25) is 0 Å². The normalized spacial score (nSPS) is 16.6. The summed E-state index contributed by atoms with van der Waals surface area (Å²) in [7, 11) is -1.73. The number of aldehydes is 1. The molecule has 0 N–H and O–H groups in total. The average Bonchev–Trinajstić information content (AvgIpc) is 2.28. The topological polar surface area (TPSA) is 35.5 Å². The number of rotatable bonds is 8. The van der Waals surface area contributed by atoms with Crippen molar-refractivity contribution in [3.05, 3.63) is 0 Å². The Kier molecular flexibility index (Phi) is 7.81. The third kappa shape index (κ3) is 8.12. The zero-order valence-corrected chi connectivity index (χ0v) is 16.6. The molecule has 0 aliphatic heterocycles. The van der Waals surface area contributed by atoms with Gasteiger partial charge in [0.25, 0.3) is 0 Å². The maximum atomic E-state index is 10.7. The number of carbonyl (C=O) groups is 1. The van der Waals surface area contributed by atoms with Crippen LogP contribution in [0.25, 0.3) is 0 Å². The summed E-state index contributed by atoms with van der Waals surface area (Å²) in [6, 6.07) is 0. The van der Waals surface area contributed by atoms with Crippen LogP contribution in [0.3, 0.4) is 0 Å². The van der Waals surface area contributed by atoms with Crippen molar-refractivity contribution in [3.8, 4) is 0 Å². The zero-order valence-electron chi connectivity index (χ0n) is 15.6. The fraction of sp³-hybridized carbons (Fsp3) is 0.941. The summed E-state index contributed by atoms with van der Waals surface area (Å²) in [5, 5.41) is 0.218. The number of ether oxygens (including phenoxy) is 1. The quantitative estimate of drug-likeness (QED) is 0.476. The molecule has 0 heterocycles. The van der Waals surface area contributed by atoms with Gasteiger partial charge in [-0.2, -0.15) is 0 Å². The van der Waals surface area contributed by atoms with Crippen molar-refractivity contribution in [1.29, 1.82) is 0 Å². The standard InChI is InChI=1S/C17H36O3Si/c1-14(13-19-21(8,9)17(5,6)7)15(11-10-12-18)20-16(2,3)4/h12,14-15H,10-11,13H2,1-9H3/t14-,15+/m0/s1. The summed E-state index contributed by atoms with van der Waals surface area (Å²) < 4.78 is 12.4. The van der Waals surface area contributed by atoms with Crippen LogP contribution < -0.4 is 0 Å². The summed E-state index contributed by atoms with van der Waals surface area (Å²) in [4.78, 5) is 10.7. The van der Waals surface area contributed by atoms with E-state index < -0.39 is 8.32 Å². The molecule has 0 aromatic carbocycles. The molecule has 4 heteroatoms. The Morgan fingerprint density at radius 1 is 1.10 bits per heavy atom. The molecule has 0 bridgehead atoms. The molecule has 0 saturated carbocycles. The first-order chi connectivity index (χ1) is 9.30. The molecule has 0 rings (SSSR count). The molecule has 0 saturated heterocycles. The van der Waals surface area contributed by atoms with E-state index in [0.717, 1.165) is 12.7 Å². The Morgan fingerprint density at radius 3 is 2.00 bits per heavy atom. The largest absolute Gasteiger partial charge is 0.416 e. The predicted octanol–water partition coefficient (Wildman–Crippen LogP) is 4.81. The van der Waals surface area contributed by atoms with Gasteiger partial charge in [-0.05, 0) is 45.3 Å². The Bertz CT molecular complexity index is 313. The maximum absolute atomic E-state index is 10.7. The first kappa shape index (κ1) is 20.8. The molecule has 0 spiro atoms. The van der Waals surface area contributed by atoms with Crippen LogP contribution in [0.5, 0.6) is 0 Å². The summed E-state index contributed by atoms with van der Waals surface area (Å²) in [5.41, 5.74) is -0.196. The third-order valence-corrected chi connectivity index (χ3v) is 8.72. The van der Waals surface area contributed by atoms with Crippen molar-refractivity contribution in [3.63, 3.8) is 0 Å². The van der Waals surface area contributed by atoms with Crippen molar-refractivity contribution >= 4 is 14.6 Å². The van der Waals surface area contributed by atoms with Crippen LogP contribution in [0.15, 0.2) is 0 Å². The summed E-state index contributed by atoms with van der Waals surface area (Å²) in [6.07, 6.45) is 2.36. The fourth-order valence-electron chi connectivity index (χ4n) is 1.81. The van der Waals surface area contributed by atoms with Gasteiger partial charge in [0.05, 0.1) is 11.7 Å². The van der Waals surface area contributed by atoms with Crippen molar-refractivity contribution in [2.24, 2.45) is 5.92 Å². The first-order valence-corrected chi connectivity index (χ1v) is 11.0. The van der Waals surface area contributed by atoms with Gasteiger partial charge in [-0.25, -0.2) is 0 Å². The highest BCUT2D eigenvalue weighted by atomic mass is 28.4. The van der Waals surface area contributed by atoms with E-state index in [0.29, 0.717) is 18.9 Å². The molecule has 2 atom stereocenters. The van der Waals surface area contributed by atoms with Crippen LogP contribution in [-0.2, 0) is 14.0 Å². The molecule has 0 fully saturated rings. The molecule has 0 radical (unpaired) electrons. The average molecular weight is 317 g/mol. The lowest BCUT2D eigenvalue weighted by atomic mass is 10.00. The summed E-state index contributed by atoms with van der Waals surface area (Å²) in [6.45, 7) is 20.3. The van der Waals surface area contributed by atoms with Gasteiger partial charge in [0, 0.05) is 18.9 Å². The second-order valence-electron chi connectivity index (χ2n) is 8.56. The lowest BCUT2D eigenvalue weighted by Crippen LogP contribution is -2.43. The van der Waals surface area contributed by atoms with Crippen molar-refractivity contribution in [2.75, 3.05) is 6.61 Å². The molecule has 0 unspecified atom stereocenters. The minimum Gasteiger partial charge on any atom is -0.416 e. The van der Waals surface area contributed by atoms with E-state index in [1.54, 1.807) is 0 Å². The van der Waals surface area contributed by atoms with Gasteiger partial charge in [-0.15, -0.1) is 0 Å². The highest BCUT2D eigenvalue weighted by Crippen LogP contribution is 2.37. The molecule has 126 valence electrons. The van der Waals surface area contributed by atoms with Crippen LogP contribution in [0.4, 0.5) is 0 Å². The fourth-order valence-corrected chi connectivity index (χ4v) is 2.92. The SMILES string of the molecule is C[C@@H](CO[Si](C)(C)C(C)(C)C)[C@@H](CCC=O)OC(C)(C)C. The highest BCUT2D eigenvalue weighted by molar-refractivity contribution is 6.74. The van der Waals surface area contributed by atoms with E-state index >= 15 is 0 Å². The van der Waals surface area contributed by atoms with Crippen molar-refractivity contribution in [1.82, 2.24) is 0 Å². The molecule has 0 amide bonds. The van der Waals surface area contributed by atoms with Crippen molar-refractivity contribution in [2.45, 2.75) is 91.1 Å². The number of carbonyl (C=O) groups excluding carboxylic acids is 1. The van der Waals surface area contributed by atoms with E-state index in [4.69, 9.17) is 9.16 Å². The first-order valence-electron chi connectivity index (χ1n) is 8.05. The number of hydrogen-bond acceptors (Lipinski definition) is 3. The second-order valence-corrected chi connectivity index (χ2v) is 13.4. The molecule has 0 aromatic heterocycles. The van der Waals surface area contributed by atoms with Crippen LogP contribution in [0, 0.1) is 5.92 Å². The molecule has 0 aromatic rings. The van der Waals surface area contributed by atoms with Crippen LogP contribution >= 0.6 is 0 Å². The monoisotopic (exact) mass is 316 g/mol. The predicted molar refractivity (Wildman–Crippen MR) is 92.2 cm³/mol. The molecular weight excluding hydrogens is 280 g/mol. The minimum absolute atomic E-state index is 0.0694. The van der Waals surface area contributed by atoms with Gasteiger partial charge in [0.15, 0.2) is 8.32 Å². The highest BCUT2D eigenvalue weighted by Gasteiger charge is 2.38. The molecule has 0 aliphatic rings. The summed E-state index contributed by atoms with van der Waals surface area (Å²) in [5.74, 6) is 0.290. The van der Waals surface area contributed by atoms with Gasteiger partial charge in [-0.1, -0.05) is 27.7 Å². The zero-order chi connectivity index (χ0) is 16.9. The smallest absolute Gasteiger partial charge is 0.191 e. The summed E-state index contributed by atoms with van der Waals surface area (Å²) >= 11 is 0. The Hall–Kier alpha value is -0.193. The van der Waals surface area contributed by atoms with Crippen LogP contribution in [0.1, 0.15) is 61.3 Å². The van der Waals surface area contributed by atoms with Gasteiger partial charge >= 0.3 is 0 Å². The van der Waals surface area contributed by atoms with Crippen molar-refractivity contribution < 1.29 is 14.0 Å². The minimum atomic E-state index is -1.73. The molecular formula is C17H36O3Si. The Morgan fingerprint density at radius 2 is 1.62 bits per heavy atom. The van der Waals surface area contributed by atoms with E-state index in [-0.39, 0.29) is 16.7 Å². The lowest BCUT2D eigenvalue weighted by molar-refractivity contribution is -0.112. The second kappa shape index (κ2) is 7.89. The molecule has 3 nitrogen and oxygen atoms in total. The third-order valence-electron chi connectivity index (χ3n) is 4.22. The lowest BCUT2D eigenvalue weighted by Gasteiger charge is -2.38.